The molecule has 1 fully saturated rings. The molecule has 1 aromatic carbocycles. The van der Waals surface area contributed by atoms with Gasteiger partial charge in [0, 0.05) is 43.0 Å². The molecule has 1 amide bonds. The smallest absolute Gasteiger partial charge is 0.253 e. The van der Waals surface area contributed by atoms with E-state index in [1.165, 1.54) is 12.1 Å². The third-order valence-electron chi connectivity index (χ3n) is 5.77. The van der Waals surface area contributed by atoms with E-state index in [9.17, 15) is 9.18 Å². The van der Waals surface area contributed by atoms with Gasteiger partial charge in [0.1, 0.15) is 11.5 Å². The van der Waals surface area contributed by atoms with Crippen LogP contribution in [0, 0.1) is 12.7 Å². The van der Waals surface area contributed by atoms with Crippen LogP contribution in [0.4, 0.5) is 4.39 Å². The first-order valence-corrected chi connectivity index (χ1v) is 10.9. The molecule has 166 valence electrons. The Hall–Kier alpha value is -3.94. The van der Waals surface area contributed by atoms with Crippen molar-refractivity contribution in [3.63, 3.8) is 0 Å². The number of rotatable bonds is 4. The van der Waals surface area contributed by atoms with Crippen LogP contribution >= 0.6 is 0 Å². The summed E-state index contributed by atoms with van der Waals surface area (Å²) in [6.45, 7) is 2.94. The standard InChI is InChI=1S/C25H22FN5O2/c1-16-12-22(33-30-16)20-14-28-24(21-9-2-3-10-27-21)29-23(20)18-7-5-11-31(15-18)25(32)17-6-4-8-19(26)13-17/h2-4,6,8-10,12-14,18H,5,7,11,15H2,1H3. The molecule has 5 rings (SSSR count). The van der Waals surface area contributed by atoms with Gasteiger partial charge < -0.3 is 9.42 Å². The Morgan fingerprint density at radius 3 is 2.82 bits per heavy atom. The van der Waals surface area contributed by atoms with Gasteiger partial charge in [0.15, 0.2) is 11.6 Å². The van der Waals surface area contributed by atoms with Crippen LogP contribution in [0.5, 0.6) is 0 Å². The molecule has 0 bridgehead atoms. The van der Waals surface area contributed by atoms with Gasteiger partial charge in [-0.15, -0.1) is 0 Å². The zero-order chi connectivity index (χ0) is 22.8. The molecule has 0 saturated carbocycles. The fraction of sp³-hybridized carbons (Fsp3) is 0.240. The Morgan fingerprint density at radius 1 is 1.15 bits per heavy atom. The summed E-state index contributed by atoms with van der Waals surface area (Å²) in [5.41, 5.74) is 3.32. The summed E-state index contributed by atoms with van der Waals surface area (Å²) in [7, 11) is 0. The van der Waals surface area contributed by atoms with E-state index in [2.05, 4.69) is 15.1 Å². The highest BCUT2D eigenvalue weighted by Crippen LogP contribution is 2.34. The van der Waals surface area contributed by atoms with E-state index in [-0.39, 0.29) is 11.8 Å². The number of aromatic nitrogens is 4. The van der Waals surface area contributed by atoms with Crippen molar-refractivity contribution in [2.45, 2.75) is 25.7 Å². The minimum Gasteiger partial charge on any atom is -0.356 e. The molecule has 8 heteroatoms. The highest BCUT2D eigenvalue weighted by molar-refractivity contribution is 5.94. The summed E-state index contributed by atoms with van der Waals surface area (Å²) in [6, 6.07) is 13.2. The number of hydrogen-bond acceptors (Lipinski definition) is 6. The lowest BCUT2D eigenvalue weighted by Gasteiger charge is -2.33. The van der Waals surface area contributed by atoms with E-state index in [0.717, 1.165) is 29.8 Å². The Kier molecular flexibility index (Phi) is 5.64. The van der Waals surface area contributed by atoms with Crippen LogP contribution in [0.2, 0.25) is 0 Å². The second-order valence-electron chi connectivity index (χ2n) is 8.14. The van der Waals surface area contributed by atoms with E-state index in [4.69, 9.17) is 9.51 Å². The number of aryl methyl sites for hydroxylation is 1. The van der Waals surface area contributed by atoms with Crippen LogP contribution in [-0.4, -0.2) is 44.0 Å². The second kappa shape index (κ2) is 8.90. The molecule has 1 saturated heterocycles. The molecule has 3 aromatic heterocycles. The van der Waals surface area contributed by atoms with Gasteiger partial charge in [-0.05, 0) is 50.1 Å². The van der Waals surface area contributed by atoms with Crippen LogP contribution in [0.15, 0.2) is 65.4 Å². The largest absolute Gasteiger partial charge is 0.356 e. The van der Waals surface area contributed by atoms with Gasteiger partial charge in [-0.2, -0.15) is 0 Å². The summed E-state index contributed by atoms with van der Waals surface area (Å²) in [4.78, 5) is 28.6. The van der Waals surface area contributed by atoms with E-state index in [0.29, 0.717) is 35.9 Å². The van der Waals surface area contributed by atoms with Crippen molar-refractivity contribution in [1.29, 1.82) is 0 Å². The zero-order valence-corrected chi connectivity index (χ0v) is 18.1. The Balaban J connectivity index is 1.51. The molecule has 1 aliphatic rings. The van der Waals surface area contributed by atoms with Crippen LogP contribution in [0.25, 0.3) is 22.8 Å². The van der Waals surface area contributed by atoms with Crippen LogP contribution < -0.4 is 0 Å². The van der Waals surface area contributed by atoms with Gasteiger partial charge in [-0.1, -0.05) is 17.3 Å². The van der Waals surface area contributed by atoms with Crippen LogP contribution in [-0.2, 0) is 0 Å². The molecule has 4 heterocycles. The Bertz CT molecular complexity index is 1290. The first kappa shape index (κ1) is 20.9. The minimum atomic E-state index is -0.423. The Morgan fingerprint density at radius 2 is 2.06 bits per heavy atom. The van der Waals surface area contributed by atoms with Gasteiger partial charge in [-0.3, -0.25) is 9.78 Å². The van der Waals surface area contributed by atoms with Crippen LogP contribution in [0.3, 0.4) is 0 Å². The first-order valence-electron chi connectivity index (χ1n) is 10.9. The van der Waals surface area contributed by atoms with Crippen molar-refractivity contribution in [3.05, 3.63) is 83.7 Å². The molecule has 4 aromatic rings. The Labute approximate surface area is 190 Å². The number of carbonyl (C=O) groups excluding carboxylic acids is 1. The summed E-state index contributed by atoms with van der Waals surface area (Å²) in [5, 5.41) is 4.01. The monoisotopic (exact) mass is 443 g/mol. The van der Waals surface area contributed by atoms with Crippen LogP contribution in [0.1, 0.15) is 40.5 Å². The quantitative estimate of drug-likeness (QED) is 0.456. The first-order chi connectivity index (χ1) is 16.1. The van der Waals surface area contributed by atoms with Gasteiger partial charge in [-0.25, -0.2) is 14.4 Å². The third kappa shape index (κ3) is 4.37. The van der Waals surface area contributed by atoms with Gasteiger partial charge >= 0.3 is 0 Å². The number of benzene rings is 1. The van der Waals surface area contributed by atoms with Gasteiger partial charge in [0.05, 0.1) is 17.0 Å². The highest BCUT2D eigenvalue weighted by atomic mass is 19.1. The third-order valence-corrected chi connectivity index (χ3v) is 5.77. The van der Waals surface area contributed by atoms with E-state index < -0.39 is 5.82 Å². The average Bonchev–Trinajstić information content (AvgIpc) is 3.30. The lowest BCUT2D eigenvalue weighted by atomic mass is 9.90. The number of amides is 1. The highest BCUT2D eigenvalue weighted by Gasteiger charge is 2.30. The predicted molar refractivity (Wildman–Crippen MR) is 120 cm³/mol. The molecule has 0 radical (unpaired) electrons. The minimum absolute atomic E-state index is 0.0397. The van der Waals surface area contributed by atoms with Crippen molar-refractivity contribution < 1.29 is 13.7 Å². The summed E-state index contributed by atoms with van der Waals surface area (Å²) >= 11 is 0. The van der Waals surface area contributed by atoms with E-state index in [1.807, 2.05) is 31.2 Å². The predicted octanol–water partition coefficient (Wildman–Crippen LogP) is 4.66. The molecule has 33 heavy (non-hydrogen) atoms. The zero-order valence-electron chi connectivity index (χ0n) is 18.1. The molecule has 1 atom stereocenters. The SMILES string of the molecule is Cc1cc(-c2cnc(-c3ccccn3)nc2C2CCCN(C(=O)c3cccc(F)c3)C2)on1. The summed E-state index contributed by atoms with van der Waals surface area (Å²) < 4.78 is 19.2. The normalized spacial score (nSPS) is 16.1. The molecular weight excluding hydrogens is 421 g/mol. The fourth-order valence-corrected chi connectivity index (χ4v) is 4.19. The number of pyridine rings is 1. The lowest BCUT2D eigenvalue weighted by Crippen LogP contribution is -2.39. The second-order valence-corrected chi connectivity index (χ2v) is 8.14. The topological polar surface area (TPSA) is 85.0 Å². The summed E-state index contributed by atoms with van der Waals surface area (Å²) in [5.74, 6) is 0.452. The van der Waals surface area contributed by atoms with Crippen molar-refractivity contribution in [1.82, 2.24) is 25.0 Å². The molecule has 0 aliphatic carbocycles. The van der Waals surface area contributed by atoms with Crippen molar-refractivity contribution in [3.8, 4) is 22.8 Å². The average molecular weight is 443 g/mol. The van der Waals surface area contributed by atoms with Crippen molar-refractivity contribution >= 4 is 5.91 Å². The van der Waals surface area contributed by atoms with E-state index in [1.54, 1.807) is 29.4 Å². The summed E-state index contributed by atoms with van der Waals surface area (Å²) in [6.07, 6.45) is 5.10. The number of halogens is 1. The number of piperidine rings is 1. The van der Waals surface area contributed by atoms with Crippen molar-refractivity contribution in [2.75, 3.05) is 13.1 Å². The van der Waals surface area contributed by atoms with Crippen molar-refractivity contribution in [2.24, 2.45) is 0 Å². The maximum absolute atomic E-state index is 13.7. The maximum atomic E-state index is 13.7. The number of nitrogens with zero attached hydrogens (tertiary/aromatic N) is 5. The van der Waals surface area contributed by atoms with E-state index >= 15 is 0 Å². The van der Waals surface area contributed by atoms with Gasteiger partial charge in [0.2, 0.25) is 0 Å². The molecule has 1 aliphatic heterocycles. The molecular formula is C25H22FN5O2. The maximum Gasteiger partial charge on any atom is 0.253 e. The molecule has 0 spiro atoms. The molecule has 7 nitrogen and oxygen atoms in total. The molecule has 0 N–H and O–H groups in total. The number of hydrogen-bond donors (Lipinski definition) is 0. The van der Waals surface area contributed by atoms with Gasteiger partial charge in [0.25, 0.3) is 5.91 Å². The lowest BCUT2D eigenvalue weighted by molar-refractivity contribution is 0.0705. The number of carbonyl (C=O) groups is 1. The fourth-order valence-electron chi connectivity index (χ4n) is 4.19. The molecule has 1 unspecified atom stereocenters. The number of likely N-dealkylation sites (tertiary alicyclic amines) is 1.